The van der Waals surface area contributed by atoms with E-state index in [2.05, 4.69) is 69.5 Å². The number of β-amino-alcohol motifs (C(OH)–C–C–N with tert-alkyl or cyclic N) is 1. The highest BCUT2D eigenvalue weighted by Crippen LogP contribution is 2.81. The van der Waals surface area contributed by atoms with Gasteiger partial charge in [-0.1, -0.05) is 83.6 Å². The maximum Gasteiger partial charge on any atom is 0.160 e. The second-order valence-electron chi connectivity index (χ2n) is 30.8. The highest BCUT2D eigenvalue weighted by Gasteiger charge is 2.78. The van der Waals surface area contributed by atoms with Gasteiger partial charge < -0.3 is 46.6 Å². The van der Waals surface area contributed by atoms with Gasteiger partial charge in [0, 0.05) is 55.3 Å². The van der Waals surface area contributed by atoms with Gasteiger partial charge in [-0.2, -0.15) is 0 Å². The minimum absolute atomic E-state index is 0.0262. The predicted octanol–water partition coefficient (Wildman–Crippen LogP) is 11.3. The highest BCUT2D eigenvalue weighted by molar-refractivity contribution is 6.01. The summed E-state index contributed by atoms with van der Waals surface area (Å²) >= 11 is 0. The number of hydrogen-bond donors (Lipinski definition) is 8. The van der Waals surface area contributed by atoms with E-state index in [1.165, 1.54) is 11.1 Å². The van der Waals surface area contributed by atoms with Crippen molar-refractivity contribution in [2.45, 2.75) is 230 Å². The number of fused-ring (bicyclic) bond motifs is 2. The van der Waals surface area contributed by atoms with E-state index >= 15 is 9.59 Å². The summed E-state index contributed by atoms with van der Waals surface area (Å²) in [7, 11) is 1.92. The molecule has 10 aliphatic rings. The fraction of sp³-hybridized carbons (Fsp3) is 0.771. The standard InChI is InChI=1S/C70H103N3O8/c1-41(2)17-19-46-30-45-20-18-42(37-74)29-51(45)52(33-57(77)62-67(6,81-62)53-16-11-15-50(53)44-13-10-14-48(71)31-44)60-54-21-22-59-66(5)39-68(47-27-43(36-72-7)28-49(76)32-47)25-12-26-69(54,35-58(60)78)70(59,55(46)38-75)34-56-61(66)65(4,63(68)79)24-9-8-23-64(3,80)40-73-56/h10,13-14,27-28,31-32,41-42,45-46,50-53,55-57,59,61-62,72-77,80H,8-9,11-12,15-26,29-30,33-40,71H2,1-7H3/t42-,45-,46+,50-,51+,52-,53+,55+,56-,57+,59+,61-,62+,64-,65+,66-,67+,68-,69-,70+/m0/s1. The number of nitrogens with two attached hydrogens (primary N) is 1. The molecule has 2 saturated heterocycles. The summed E-state index contributed by atoms with van der Waals surface area (Å²) < 4.78 is 6.90. The molecule has 9 N–H and O–H groups in total. The van der Waals surface area contributed by atoms with Crippen molar-refractivity contribution in [3.63, 3.8) is 0 Å². The number of nitrogens with one attached hydrogen (secondary N) is 2. The Morgan fingerprint density at radius 3 is 2.46 bits per heavy atom. The van der Waals surface area contributed by atoms with Crippen LogP contribution in [0.1, 0.15) is 205 Å². The molecule has 8 aliphatic carbocycles. The summed E-state index contributed by atoms with van der Waals surface area (Å²) in [5, 5.41) is 68.6. The van der Waals surface area contributed by atoms with Crippen molar-refractivity contribution in [3.8, 4) is 5.75 Å². The maximum atomic E-state index is 16.8. The molecule has 81 heavy (non-hydrogen) atoms. The van der Waals surface area contributed by atoms with Crippen molar-refractivity contribution >= 4 is 17.3 Å². The summed E-state index contributed by atoms with van der Waals surface area (Å²) in [5.74, 6) is 1.89. The Morgan fingerprint density at radius 2 is 1.70 bits per heavy atom. The number of benzene rings is 2. The van der Waals surface area contributed by atoms with Crippen LogP contribution in [0.2, 0.25) is 0 Å². The molecule has 12 rings (SSSR count). The first-order chi connectivity index (χ1) is 38.6. The zero-order valence-electron chi connectivity index (χ0n) is 50.5. The Kier molecular flexibility index (Phi) is 15.4. The molecular weight excluding hydrogens is 1010 g/mol. The van der Waals surface area contributed by atoms with Crippen LogP contribution in [0.3, 0.4) is 0 Å². The van der Waals surface area contributed by atoms with Crippen molar-refractivity contribution in [2.24, 2.45) is 80.8 Å². The Morgan fingerprint density at radius 1 is 0.901 bits per heavy atom. The first-order valence-electron chi connectivity index (χ1n) is 32.8. The Bertz CT molecular complexity index is 2740. The lowest BCUT2D eigenvalue weighted by Gasteiger charge is -2.74. The first kappa shape index (κ1) is 58.2. The number of carbonyl (C=O) groups excluding carboxylic acids is 2. The van der Waals surface area contributed by atoms with Crippen molar-refractivity contribution in [2.75, 3.05) is 32.5 Å². The summed E-state index contributed by atoms with van der Waals surface area (Å²) in [6, 6.07) is 14.1. The van der Waals surface area contributed by atoms with Gasteiger partial charge >= 0.3 is 0 Å². The van der Waals surface area contributed by atoms with Crippen LogP contribution in [0, 0.1) is 80.8 Å². The molecule has 2 aromatic carbocycles. The van der Waals surface area contributed by atoms with E-state index < -0.39 is 44.4 Å². The Balaban J connectivity index is 1.06. The van der Waals surface area contributed by atoms with Gasteiger partial charge in [-0.25, -0.2) is 0 Å². The summed E-state index contributed by atoms with van der Waals surface area (Å²) in [4.78, 5) is 33.3. The van der Waals surface area contributed by atoms with Crippen LogP contribution in [-0.2, 0) is 26.3 Å². The molecule has 2 heterocycles. The summed E-state index contributed by atoms with van der Waals surface area (Å²) in [6.45, 7) is 14.8. The molecule has 0 amide bonds. The molecule has 8 fully saturated rings. The molecule has 0 radical (unpaired) electrons. The number of Topliss-reactive ketones (excluding diaryl/α,β-unsaturated/α-hetero) is 2. The Hall–Kier alpha value is -3.16. The number of phenols is 1. The lowest BCUT2D eigenvalue weighted by Crippen LogP contribution is -2.75. The second-order valence-corrected chi connectivity index (χ2v) is 30.8. The lowest BCUT2D eigenvalue weighted by molar-refractivity contribution is -0.238. The average molecular weight is 1110 g/mol. The number of anilines is 1. The zero-order chi connectivity index (χ0) is 57.2. The van der Waals surface area contributed by atoms with Crippen LogP contribution in [-0.4, -0.2) is 93.4 Å². The minimum atomic E-state index is -0.954. The number of allylic oxidation sites excluding steroid dienone is 2. The molecule has 0 aromatic heterocycles. The van der Waals surface area contributed by atoms with Crippen molar-refractivity contribution in [1.82, 2.24) is 10.6 Å². The van der Waals surface area contributed by atoms with Crippen molar-refractivity contribution in [1.29, 1.82) is 0 Å². The largest absolute Gasteiger partial charge is 0.508 e. The molecule has 2 aliphatic heterocycles. The van der Waals surface area contributed by atoms with E-state index in [0.717, 1.165) is 132 Å². The van der Waals surface area contributed by atoms with E-state index in [4.69, 9.17) is 10.5 Å². The van der Waals surface area contributed by atoms with Gasteiger partial charge in [0.05, 0.1) is 22.7 Å². The zero-order valence-corrected chi connectivity index (χ0v) is 50.5. The third-order valence-corrected chi connectivity index (χ3v) is 25.9. The molecule has 11 heteroatoms. The second kappa shape index (κ2) is 21.4. The number of nitrogen functional groups attached to an aromatic ring is 1. The van der Waals surface area contributed by atoms with Crippen LogP contribution in [0.4, 0.5) is 5.69 Å². The number of ether oxygens (including phenoxy) is 1. The third kappa shape index (κ3) is 9.24. The first-order valence-corrected chi connectivity index (χ1v) is 32.8. The number of ketones is 2. The number of aliphatic hydroxyl groups is 4. The molecule has 2 spiro atoms. The topological polar surface area (TPSA) is 198 Å². The molecule has 11 nitrogen and oxygen atoms in total. The normalized spacial score (nSPS) is 45.2. The van der Waals surface area contributed by atoms with E-state index in [1.54, 1.807) is 0 Å². The van der Waals surface area contributed by atoms with Crippen LogP contribution in [0.15, 0.2) is 53.6 Å². The lowest BCUT2D eigenvalue weighted by atomic mass is 9.29. The van der Waals surface area contributed by atoms with Crippen LogP contribution >= 0.6 is 0 Å². The van der Waals surface area contributed by atoms with Crippen LogP contribution in [0.5, 0.6) is 5.75 Å². The molecule has 20 atom stereocenters. The third-order valence-electron chi connectivity index (χ3n) is 25.9. The molecule has 7 bridgehead atoms. The number of aromatic hydroxyl groups is 1. The SMILES string of the molecule is CNCc1cc(O)cc([C@]23CCC[C@]45CC(=O)C6=C4CC[C@@H]4[C@](C)(C2)[C@H]2[C@H](C[C@@]45[C@H](CO)[C@H](CCC(C)C)C[C@@H]4CC[C@H](CO)C[C@H]4[C@@H]6C[C@@H](O)[C@H]4O[C@]4(C)[C@@H]4CCC[C@H]4c4cccc(N)c4)NC[C@@](C)(O)CCCC[C@@]2(C)C3=O)c1. The van der Waals surface area contributed by atoms with Gasteiger partial charge in [0.25, 0.3) is 0 Å². The van der Waals surface area contributed by atoms with Crippen molar-refractivity contribution < 1.29 is 39.9 Å². The quantitative estimate of drug-likeness (QED) is 0.0702. The van der Waals surface area contributed by atoms with E-state index in [9.17, 15) is 25.5 Å². The molecule has 0 unspecified atom stereocenters. The number of phenolic OH excluding ortho intramolecular Hbond substituents is 1. The van der Waals surface area contributed by atoms with E-state index in [1.807, 2.05) is 32.2 Å². The predicted molar refractivity (Wildman–Crippen MR) is 318 cm³/mol. The van der Waals surface area contributed by atoms with Gasteiger partial charge in [0.15, 0.2) is 5.78 Å². The van der Waals surface area contributed by atoms with E-state index in [-0.39, 0.29) is 96.1 Å². The summed E-state index contributed by atoms with van der Waals surface area (Å²) in [5.41, 5.74) is 7.80. The van der Waals surface area contributed by atoms with Crippen LogP contribution in [0.25, 0.3) is 0 Å². The van der Waals surface area contributed by atoms with Gasteiger partial charge in [-0.15, -0.1) is 0 Å². The maximum absolute atomic E-state index is 16.8. The number of epoxide rings is 1. The monoisotopic (exact) mass is 1110 g/mol. The van der Waals surface area contributed by atoms with Gasteiger partial charge in [0.1, 0.15) is 17.6 Å². The summed E-state index contributed by atoms with van der Waals surface area (Å²) in [6.07, 6.45) is 16.5. The number of aliphatic hydroxyl groups excluding tert-OH is 3. The smallest absolute Gasteiger partial charge is 0.160 e. The number of hydrogen-bond acceptors (Lipinski definition) is 11. The van der Waals surface area contributed by atoms with Crippen LogP contribution < -0.4 is 16.4 Å². The van der Waals surface area contributed by atoms with Gasteiger partial charge in [-0.05, 0) is 246 Å². The van der Waals surface area contributed by atoms with Gasteiger partial charge in [-0.3, -0.25) is 9.59 Å². The molecule has 6 saturated carbocycles. The number of rotatable bonds is 13. The van der Waals surface area contributed by atoms with E-state index in [0.29, 0.717) is 56.9 Å². The molecule has 2 aromatic rings. The fourth-order valence-electron chi connectivity index (χ4n) is 23.1. The number of carbonyl (C=O) groups is 2. The fourth-order valence-corrected chi connectivity index (χ4v) is 23.1. The highest BCUT2D eigenvalue weighted by atomic mass is 16.6. The van der Waals surface area contributed by atoms with Gasteiger partial charge in [0.2, 0.25) is 0 Å². The van der Waals surface area contributed by atoms with Crippen molar-refractivity contribution in [3.05, 3.63) is 70.3 Å². The molecule has 446 valence electrons. The average Bonchev–Trinajstić information content (AvgIpc) is 1.98. The molecular formula is C70H103N3O8. The Labute approximate surface area is 485 Å². The minimum Gasteiger partial charge on any atom is -0.508 e.